The first-order valence-electron chi connectivity index (χ1n) is 8.63. The molecule has 2 N–H and O–H groups in total. The van der Waals surface area contributed by atoms with E-state index in [1.807, 2.05) is 6.92 Å². The predicted molar refractivity (Wildman–Crippen MR) is 97.8 cm³/mol. The van der Waals surface area contributed by atoms with Crippen molar-refractivity contribution in [3.05, 3.63) is 35.6 Å². The van der Waals surface area contributed by atoms with Crippen molar-refractivity contribution in [1.82, 2.24) is 20.0 Å². The number of anilines is 1. The molecule has 1 atom stereocenters. The molecular formula is C18H25N5O4. The molecule has 0 saturated heterocycles. The fraction of sp³-hybridized carbons (Fsp3) is 0.500. The van der Waals surface area contributed by atoms with Gasteiger partial charge in [0.1, 0.15) is 11.9 Å². The Morgan fingerprint density at radius 3 is 2.52 bits per heavy atom. The van der Waals surface area contributed by atoms with Crippen LogP contribution >= 0.6 is 0 Å². The number of carbonyl (C=O) groups is 2. The van der Waals surface area contributed by atoms with E-state index in [-0.39, 0.29) is 12.5 Å². The Balaban J connectivity index is 2.13. The lowest BCUT2D eigenvalue weighted by molar-refractivity contribution is -0.143. The maximum atomic E-state index is 12.0. The summed E-state index contributed by atoms with van der Waals surface area (Å²) in [5.74, 6) is 0.105. The van der Waals surface area contributed by atoms with Gasteiger partial charge >= 0.3 is 5.97 Å². The van der Waals surface area contributed by atoms with Crippen molar-refractivity contribution in [2.24, 2.45) is 5.41 Å². The van der Waals surface area contributed by atoms with E-state index in [0.717, 1.165) is 0 Å². The highest BCUT2D eigenvalue weighted by molar-refractivity contribution is 5.93. The SMILES string of the molecule is CCc1nc(CN(C)C(C(=O)O)c2ccc(NC(=O)C(C)(C)C)nc2)no1. The van der Waals surface area contributed by atoms with Crippen molar-refractivity contribution in [3.8, 4) is 0 Å². The van der Waals surface area contributed by atoms with Crippen molar-refractivity contribution in [2.45, 2.75) is 46.7 Å². The highest BCUT2D eigenvalue weighted by Gasteiger charge is 2.27. The summed E-state index contributed by atoms with van der Waals surface area (Å²) in [5, 5.41) is 16.2. The molecule has 0 aliphatic carbocycles. The van der Waals surface area contributed by atoms with Gasteiger partial charge in [0.15, 0.2) is 5.82 Å². The lowest BCUT2D eigenvalue weighted by Gasteiger charge is -2.23. The average Bonchev–Trinajstić information content (AvgIpc) is 3.03. The van der Waals surface area contributed by atoms with Crippen molar-refractivity contribution < 1.29 is 19.2 Å². The zero-order valence-electron chi connectivity index (χ0n) is 16.2. The second-order valence-corrected chi connectivity index (χ2v) is 7.29. The van der Waals surface area contributed by atoms with E-state index in [0.29, 0.717) is 29.5 Å². The zero-order valence-corrected chi connectivity index (χ0v) is 16.2. The number of pyridine rings is 1. The van der Waals surface area contributed by atoms with E-state index in [1.165, 1.54) is 6.20 Å². The van der Waals surface area contributed by atoms with Crippen LogP contribution in [-0.2, 0) is 22.6 Å². The number of aliphatic carboxylic acids is 1. The third-order valence-corrected chi connectivity index (χ3v) is 3.90. The first kappa shape index (κ1) is 20.5. The van der Waals surface area contributed by atoms with Crippen LogP contribution in [0.25, 0.3) is 0 Å². The third-order valence-electron chi connectivity index (χ3n) is 3.90. The first-order valence-corrected chi connectivity index (χ1v) is 8.63. The highest BCUT2D eigenvalue weighted by Crippen LogP contribution is 2.22. The van der Waals surface area contributed by atoms with Crippen molar-refractivity contribution in [3.63, 3.8) is 0 Å². The molecule has 0 radical (unpaired) electrons. The monoisotopic (exact) mass is 375 g/mol. The molecule has 0 aromatic carbocycles. The molecule has 2 heterocycles. The van der Waals surface area contributed by atoms with E-state index < -0.39 is 17.4 Å². The van der Waals surface area contributed by atoms with Crippen molar-refractivity contribution >= 4 is 17.7 Å². The van der Waals surface area contributed by atoms with E-state index in [9.17, 15) is 14.7 Å². The summed E-state index contributed by atoms with van der Waals surface area (Å²) in [7, 11) is 1.66. The van der Waals surface area contributed by atoms with Gasteiger partial charge in [0.25, 0.3) is 0 Å². The number of likely N-dealkylation sites (N-methyl/N-ethyl adjacent to an activating group) is 1. The average molecular weight is 375 g/mol. The quantitative estimate of drug-likeness (QED) is 0.756. The summed E-state index contributed by atoms with van der Waals surface area (Å²) in [4.78, 5) is 33.8. The number of carboxylic acids is 1. The molecule has 27 heavy (non-hydrogen) atoms. The maximum absolute atomic E-state index is 12.0. The Morgan fingerprint density at radius 1 is 1.33 bits per heavy atom. The third kappa shape index (κ3) is 5.33. The van der Waals surface area contributed by atoms with Crippen LogP contribution in [0.2, 0.25) is 0 Å². The lowest BCUT2D eigenvalue weighted by Crippen LogP contribution is -2.31. The Bertz CT molecular complexity index is 795. The molecule has 0 saturated carbocycles. The van der Waals surface area contributed by atoms with Gasteiger partial charge in [-0.25, -0.2) is 4.98 Å². The largest absolute Gasteiger partial charge is 0.480 e. The molecule has 9 nitrogen and oxygen atoms in total. The molecule has 0 aliphatic rings. The van der Waals surface area contributed by atoms with Gasteiger partial charge in [-0.1, -0.05) is 38.9 Å². The molecule has 2 rings (SSSR count). The van der Waals surface area contributed by atoms with Gasteiger partial charge in [0.05, 0.1) is 6.54 Å². The minimum absolute atomic E-state index is 0.168. The van der Waals surface area contributed by atoms with Gasteiger partial charge < -0.3 is 14.9 Å². The Labute approximate surface area is 157 Å². The Hall–Kier alpha value is -2.81. The van der Waals surface area contributed by atoms with Gasteiger partial charge in [-0.05, 0) is 18.7 Å². The maximum Gasteiger partial charge on any atom is 0.325 e. The smallest absolute Gasteiger partial charge is 0.325 e. The summed E-state index contributed by atoms with van der Waals surface area (Å²) < 4.78 is 5.05. The molecule has 9 heteroatoms. The number of hydrogen-bond donors (Lipinski definition) is 2. The van der Waals surface area contributed by atoms with E-state index in [4.69, 9.17) is 4.52 Å². The van der Waals surface area contributed by atoms with Crippen LogP contribution in [0.1, 0.15) is 51.0 Å². The number of nitrogens with zero attached hydrogens (tertiary/aromatic N) is 4. The first-order chi connectivity index (χ1) is 12.6. The van der Waals surface area contributed by atoms with Crippen LogP contribution in [0.15, 0.2) is 22.9 Å². The number of aromatic nitrogens is 3. The zero-order chi connectivity index (χ0) is 20.2. The topological polar surface area (TPSA) is 121 Å². The number of amides is 1. The summed E-state index contributed by atoms with van der Waals surface area (Å²) in [5.41, 5.74) is -0.0653. The minimum atomic E-state index is -1.02. The van der Waals surface area contributed by atoms with E-state index >= 15 is 0 Å². The second-order valence-electron chi connectivity index (χ2n) is 7.29. The molecule has 2 aromatic heterocycles. The fourth-order valence-electron chi connectivity index (χ4n) is 2.34. The van der Waals surface area contributed by atoms with Crippen LogP contribution < -0.4 is 5.32 Å². The molecule has 0 bridgehead atoms. The molecule has 1 amide bonds. The molecule has 0 spiro atoms. The van der Waals surface area contributed by atoms with Gasteiger partial charge in [0, 0.05) is 18.0 Å². The predicted octanol–water partition coefficient (Wildman–Crippen LogP) is 2.27. The number of hydrogen-bond acceptors (Lipinski definition) is 7. The van der Waals surface area contributed by atoms with Gasteiger partial charge in [-0.15, -0.1) is 0 Å². The molecule has 2 aromatic rings. The second kappa shape index (κ2) is 8.26. The molecular weight excluding hydrogens is 350 g/mol. The van der Waals surface area contributed by atoms with E-state index in [2.05, 4.69) is 20.4 Å². The minimum Gasteiger partial charge on any atom is -0.480 e. The van der Waals surface area contributed by atoms with E-state index in [1.54, 1.807) is 44.9 Å². The standard InChI is InChI=1S/C18H25N5O4/c1-6-14-20-13(22-27-14)10-23(5)15(16(24)25)11-7-8-12(19-9-11)21-17(26)18(2,3)4/h7-9,15H,6,10H2,1-5H3,(H,24,25)(H,19,21,26). The summed E-state index contributed by atoms with van der Waals surface area (Å²) >= 11 is 0. The fourth-order valence-corrected chi connectivity index (χ4v) is 2.34. The molecule has 0 fully saturated rings. The number of nitrogens with one attached hydrogen (secondary N) is 1. The van der Waals surface area contributed by atoms with Crippen LogP contribution in [0.4, 0.5) is 5.82 Å². The summed E-state index contributed by atoms with van der Waals surface area (Å²) in [6.07, 6.45) is 2.06. The number of rotatable bonds is 7. The normalized spacial score (nSPS) is 12.8. The van der Waals surface area contributed by atoms with Crippen LogP contribution in [0, 0.1) is 5.41 Å². The van der Waals surface area contributed by atoms with Gasteiger partial charge in [-0.2, -0.15) is 4.98 Å². The highest BCUT2D eigenvalue weighted by atomic mass is 16.5. The van der Waals surface area contributed by atoms with Gasteiger partial charge in [-0.3, -0.25) is 14.5 Å². The summed E-state index contributed by atoms with van der Waals surface area (Å²) in [6.45, 7) is 7.51. The van der Waals surface area contributed by atoms with Crippen molar-refractivity contribution in [2.75, 3.05) is 12.4 Å². The molecule has 0 aliphatic heterocycles. The van der Waals surface area contributed by atoms with Crippen LogP contribution in [0.3, 0.4) is 0 Å². The Kier molecular flexibility index (Phi) is 6.27. The van der Waals surface area contributed by atoms with Crippen LogP contribution in [-0.4, -0.2) is 44.1 Å². The van der Waals surface area contributed by atoms with Crippen molar-refractivity contribution in [1.29, 1.82) is 0 Å². The molecule has 146 valence electrons. The lowest BCUT2D eigenvalue weighted by atomic mass is 9.96. The van der Waals surface area contributed by atoms with Crippen LogP contribution in [0.5, 0.6) is 0 Å². The van der Waals surface area contributed by atoms with Gasteiger partial charge in [0.2, 0.25) is 11.8 Å². The number of aryl methyl sites for hydroxylation is 1. The molecule has 1 unspecified atom stereocenters. The number of carboxylic acid groups (broad SMARTS) is 1. The number of carbonyl (C=O) groups excluding carboxylic acids is 1. The summed E-state index contributed by atoms with van der Waals surface area (Å²) in [6, 6.07) is 2.29. The Morgan fingerprint density at radius 2 is 2.04 bits per heavy atom.